The number of H-pyrrole nitrogens is 1. The minimum absolute atomic E-state index is 0.110. The van der Waals surface area contributed by atoms with E-state index in [1.54, 1.807) is 18.0 Å². The molecule has 0 aliphatic carbocycles. The van der Waals surface area contributed by atoms with E-state index >= 15 is 0 Å². The summed E-state index contributed by atoms with van der Waals surface area (Å²) in [6, 6.07) is 25.9. The van der Waals surface area contributed by atoms with E-state index in [0.717, 1.165) is 38.5 Å². The molecule has 160 valence electrons. The van der Waals surface area contributed by atoms with Crippen molar-refractivity contribution in [3.8, 4) is 11.4 Å². The molecule has 0 aliphatic heterocycles. The summed E-state index contributed by atoms with van der Waals surface area (Å²) in [4.78, 5) is 18.2. The zero-order valence-electron chi connectivity index (χ0n) is 18.0. The third kappa shape index (κ3) is 3.24. The maximum absolute atomic E-state index is 13.7. The van der Waals surface area contributed by atoms with Crippen LogP contribution in [0.4, 0.5) is 0 Å². The average molecular weight is 433 g/mol. The van der Waals surface area contributed by atoms with Crippen LogP contribution in [0.3, 0.4) is 0 Å². The number of para-hydroxylation sites is 1. The van der Waals surface area contributed by atoms with Crippen molar-refractivity contribution in [2.45, 2.75) is 6.54 Å². The molecule has 6 rings (SSSR count). The molecule has 0 aliphatic rings. The van der Waals surface area contributed by atoms with Gasteiger partial charge in [-0.2, -0.15) is 4.57 Å². The van der Waals surface area contributed by atoms with Gasteiger partial charge in [0, 0.05) is 21.7 Å². The maximum atomic E-state index is 13.7. The van der Waals surface area contributed by atoms with Crippen LogP contribution in [0.15, 0.2) is 96.1 Å². The Kier molecular flexibility index (Phi) is 4.43. The fourth-order valence-corrected chi connectivity index (χ4v) is 4.37. The van der Waals surface area contributed by atoms with E-state index in [-0.39, 0.29) is 5.56 Å². The smallest absolute Gasteiger partial charge is 0.344 e. The molecule has 3 heterocycles. The van der Waals surface area contributed by atoms with Crippen LogP contribution < -0.4 is 14.9 Å². The first kappa shape index (κ1) is 19.3. The summed E-state index contributed by atoms with van der Waals surface area (Å²) in [6.45, 7) is 0.564. The Morgan fingerprint density at radius 2 is 1.73 bits per heavy atom. The van der Waals surface area contributed by atoms with Crippen LogP contribution in [0, 0.1) is 0 Å². The van der Waals surface area contributed by atoms with E-state index in [4.69, 9.17) is 4.74 Å². The number of fused-ring (bicyclic) bond motifs is 4. The minimum atomic E-state index is -0.110. The maximum Gasteiger partial charge on any atom is 0.344 e. The molecule has 3 aromatic heterocycles. The van der Waals surface area contributed by atoms with Crippen LogP contribution in [-0.4, -0.2) is 21.9 Å². The number of nitrogens with one attached hydrogen (secondary N) is 1. The molecule has 0 spiro atoms. The Labute approximate surface area is 189 Å². The van der Waals surface area contributed by atoms with E-state index in [1.807, 2.05) is 83.6 Å². The molecule has 6 nitrogen and oxygen atoms in total. The lowest BCUT2D eigenvalue weighted by Crippen LogP contribution is -2.38. The lowest BCUT2D eigenvalue weighted by molar-refractivity contribution is -0.661. The second kappa shape index (κ2) is 7.60. The van der Waals surface area contributed by atoms with Crippen LogP contribution in [0.1, 0.15) is 5.56 Å². The minimum Gasteiger partial charge on any atom is -0.497 e. The number of pyridine rings is 2. The summed E-state index contributed by atoms with van der Waals surface area (Å²) in [6.07, 6.45) is 3.77. The summed E-state index contributed by atoms with van der Waals surface area (Å²) in [7, 11) is 1.65. The molecule has 0 unspecified atom stereocenters. The third-order valence-electron chi connectivity index (χ3n) is 6.02. The summed E-state index contributed by atoms with van der Waals surface area (Å²) >= 11 is 0. The van der Waals surface area contributed by atoms with Gasteiger partial charge in [-0.3, -0.25) is 14.9 Å². The van der Waals surface area contributed by atoms with Gasteiger partial charge in [-0.15, -0.1) is 0 Å². The largest absolute Gasteiger partial charge is 0.497 e. The SMILES string of the molecule is COc1ccc(C[n+]2cc3ccccc3c3[nH]n(-c4cnc5ccccc5c4)c(=O)c32)cc1. The van der Waals surface area contributed by atoms with Crippen molar-refractivity contribution >= 4 is 32.7 Å². The van der Waals surface area contributed by atoms with Gasteiger partial charge in [-0.05, 0) is 42.5 Å². The fraction of sp³-hybridized carbons (Fsp3) is 0.0741. The number of methoxy groups -OCH3 is 1. The highest BCUT2D eigenvalue weighted by atomic mass is 16.5. The third-order valence-corrected chi connectivity index (χ3v) is 6.02. The molecule has 0 atom stereocenters. The molecule has 6 heteroatoms. The lowest BCUT2D eigenvalue weighted by atomic mass is 10.1. The normalized spacial score (nSPS) is 11.4. The molecule has 3 aromatic carbocycles. The van der Waals surface area contributed by atoms with Crippen molar-refractivity contribution in [2.75, 3.05) is 7.11 Å². The number of ether oxygens (including phenoxy) is 1. The zero-order valence-corrected chi connectivity index (χ0v) is 18.0. The molecule has 0 saturated heterocycles. The van der Waals surface area contributed by atoms with Crippen LogP contribution in [-0.2, 0) is 6.54 Å². The Hall–Kier alpha value is -4.45. The molecule has 0 amide bonds. The van der Waals surface area contributed by atoms with Crippen LogP contribution in [0.25, 0.3) is 38.4 Å². The average Bonchev–Trinajstić information content (AvgIpc) is 3.22. The second-order valence-electron chi connectivity index (χ2n) is 8.05. The monoisotopic (exact) mass is 433 g/mol. The summed E-state index contributed by atoms with van der Waals surface area (Å²) in [5.41, 5.74) is 4.00. The number of benzene rings is 3. The Morgan fingerprint density at radius 1 is 0.970 bits per heavy atom. The summed E-state index contributed by atoms with van der Waals surface area (Å²) in [5, 5.41) is 6.40. The van der Waals surface area contributed by atoms with Gasteiger partial charge in [0.2, 0.25) is 0 Å². The van der Waals surface area contributed by atoms with E-state index < -0.39 is 0 Å². The Morgan fingerprint density at radius 3 is 2.55 bits per heavy atom. The number of rotatable bonds is 4. The van der Waals surface area contributed by atoms with E-state index in [9.17, 15) is 4.79 Å². The van der Waals surface area contributed by atoms with Gasteiger partial charge in [0.25, 0.3) is 5.52 Å². The Bertz CT molecular complexity index is 1700. The predicted molar refractivity (Wildman–Crippen MR) is 129 cm³/mol. The standard InChI is InChI=1S/C27H20N4O2/c1-33-22-12-10-18(11-13-22)16-30-17-20-7-2-4-8-23(20)25-26(30)27(32)31(29-25)21-14-19-6-3-5-9-24(19)28-15-21/h2-15,17H,16H2,1H3/p+1. The highest BCUT2D eigenvalue weighted by Gasteiger charge is 2.23. The van der Waals surface area contributed by atoms with E-state index in [2.05, 4.69) is 16.1 Å². The zero-order chi connectivity index (χ0) is 22.4. The quantitative estimate of drug-likeness (QED) is 0.420. The number of hydrogen-bond acceptors (Lipinski definition) is 3. The van der Waals surface area contributed by atoms with Crippen molar-refractivity contribution in [1.29, 1.82) is 0 Å². The van der Waals surface area contributed by atoms with Gasteiger partial charge in [0.15, 0.2) is 12.7 Å². The molecular weight excluding hydrogens is 412 g/mol. The molecule has 6 aromatic rings. The van der Waals surface area contributed by atoms with Gasteiger partial charge in [-0.1, -0.05) is 36.4 Å². The van der Waals surface area contributed by atoms with Crippen LogP contribution >= 0.6 is 0 Å². The molecule has 0 fully saturated rings. The van der Waals surface area contributed by atoms with Crippen molar-refractivity contribution in [3.63, 3.8) is 0 Å². The second-order valence-corrected chi connectivity index (χ2v) is 8.05. The predicted octanol–water partition coefficient (Wildman–Crippen LogP) is 4.36. The summed E-state index contributed by atoms with van der Waals surface area (Å²) in [5.74, 6) is 0.806. The first-order chi connectivity index (χ1) is 16.2. The van der Waals surface area contributed by atoms with E-state index in [1.165, 1.54) is 0 Å². The van der Waals surface area contributed by atoms with Gasteiger partial charge < -0.3 is 4.74 Å². The molecular formula is C27H21N4O2+. The number of aromatic nitrogens is 4. The number of aromatic amines is 1. The first-order valence-corrected chi connectivity index (χ1v) is 10.8. The summed E-state index contributed by atoms with van der Waals surface area (Å²) < 4.78 is 8.88. The lowest BCUT2D eigenvalue weighted by Gasteiger charge is -2.03. The molecule has 0 bridgehead atoms. The first-order valence-electron chi connectivity index (χ1n) is 10.8. The van der Waals surface area contributed by atoms with E-state index in [0.29, 0.717) is 17.7 Å². The van der Waals surface area contributed by atoms with Crippen molar-refractivity contribution in [3.05, 3.63) is 107 Å². The number of nitrogens with zero attached hydrogens (tertiary/aromatic N) is 3. The van der Waals surface area contributed by atoms with Gasteiger partial charge in [0.1, 0.15) is 11.3 Å². The fourth-order valence-electron chi connectivity index (χ4n) is 4.37. The van der Waals surface area contributed by atoms with Gasteiger partial charge in [0.05, 0.1) is 24.5 Å². The van der Waals surface area contributed by atoms with Gasteiger partial charge >= 0.3 is 5.56 Å². The van der Waals surface area contributed by atoms with Gasteiger partial charge in [-0.25, -0.2) is 4.68 Å². The topological polar surface area (TPSA) is 63.8 Å². The van der Waals surface area contributed by atoms with Crippen LogP contribution in [0.5, 0.6) is 5.75 Å². The number of hydrogen-bond donors (Lipinski definition) is 1. The highest BCUT2D eigenvalue weighted by molar-refractivity contribution is 6.01. The Balaban J connectivity index is 1.58. The highest BCUT2D eigenvalue weighted by Crippen LogP contribution is 2.22. The molecule has 0 radical (unpaired) electrons. The molecule has 33 heavy (non-hydrogen) atoms. The molecule has 1 N–H and O–H groups in total. The van der Waals surface area contributed by atoms with Crippen molar-refractivity contribution in [2.24, 2.45) is 0 Å². The van der Waals surface area contributed by atoms with Crippen molar-refractivity contribution in [1.82, 2.24) is 14.8 Å². The van der Waals surface area contributed by atoms with Crippen LogP contribution in [0.2, 0.25) is 0 Å². The van der Waals surface area contributed by atoms with Crippen molar-refractivity contribution < 1.29 is 9.30 Å². The molecule has 0 saturated carbocycles.